The molecule has 0 fully saturated rings. The lowest BCUT2D eigenvalue weighted by Crippen LogP contribution is -2.23. The molecule has 0 aliphatic heterocycles. The van der Waals surface area contributed by atoms with E-state index in [4.69, 9.17) is 0 Å². The number of nitrogens with zero attached hydrogens (tertiary/aromatic N) is 4. The van der Waals surface area contributed by atoms with Gasteiger partial charge in [0.05, 0.1) is 29.2 Å². The second-order valence-electron chi connectivity index (χ2n) is 7.53. The van der Waals surface area contributed by atoms with Crippen molar-refractivity contribution in [3.05, 3.63) is 78.1 Å². The fourth-order valence-electron chi connectivity index (χ4n) is 3.06. The maximum atomic E-state index is 13.2. The molecule has 0 saturated carbocycles. The smallest absolute Gasteiger partial charge is 0.253 e. The third-order valence-corrected chi connectivity index (χ3v) is 4.87. The highest BCUT2D eigenvalue weighted by Gasteiger charge is 2.15. The van der Waals surface area contributed by atoms with E-state index in [0.717, 1.165) is 5.56 Å². The van der Waals surface area contributed by atoms with Gasteiger partial charge in [-0.3, -0.25) is 14.6 Å². The largest absolute Gasteiger partial charge is 0.348 e. The van der Waals surface area contributed by atoms with E-state index < -0.39 is 0 Å². The molecule has 0 spiro atoms. The van der Waals surface area contributed by atoms with E-state index >= 15 is 0 Å². The number of benzene rings is 1. The fourth-order valence-corrected chi connectivity index (χ4v) is 3.06. The second-order valence-corrected chi connectivity index (χ2v) is 7.53. The molecule has 3 heterocycles. The number of amides is 2. The van der Waals surface area contributed by atoms with Gasteiger partial charge < -0.3 is 10.6 Å². The molecule has 0 bridgehead atoms. The Morgan fingerprint density at radius 3 is 2.50 bits per heavy atom. The lowest BCUT2D eigenvalue weighted by Gasteiger charge is -2.09. The Bertz CT molecular complexity index is 1270. The maximum Gasteiger partial charge on any atom is 0.253 e. The van der Waals surface area contributed by atoms with Crippen molar-refractivity contribution in [1.29, 1.82) is 0 Å². The van der Waals surface area contributed by atoms with Gasteiger partial charge in [0.1, 0.15) is 11.6 Å². The van der Waals surface area contributed by atoms with E-state index in [9.17, 15) is 14.0 Å². The van der Waals surface area contributed by atoms with Gasteiger partial charge in [0.15, 0.2) is 0 Å². The molecule has 0 aliphatic carbocycles. The van der Waals surface area contributed by atoms with Crippen LogP contribution < -0.4 is 10.6 Å². The van der Waals surface area contributed by atoms with E-state index in [1.54, 1.807) is 61.4 Å². The Labute approximate surface area is 183 Å². The van der Waals surface area contributed by atoms with Gasteiger partial charge in [-0.25, -0.2) is 14.1 Å². The summed E-state index contributed by atoms with van der Waals surface area (Å²) in [5.74, 6) is -0.437. The number of anilines is 1. The minimum Gasteiger partial charge on any atom is -0.348 e. The van der Waals surface area contributed by atoms with Crippen molar-refractivity contribution in [1.82, 2.24) is 25.1 Å². The summed E-state index contributed by atoms with van der Waals surface area (Å²) >= 11 is 0. The zero-order chi connectivity index (χ0) is 22.7. The molecule has 32 heavy (non-hydrogen) atoms. The Morgan fingerprint density at radius 2 is 1.81 bits per heavy atom. The topological polar surface area (TPSA) is 102 Å². The molecule has 2 amide bonds. The SMILES string of the molecule is CC(C)C(=O)Nc1ccc(CNC(=O)c2cncc3c2cnn3-c2ccc(F)cc2)cn1. The number of fused-ring (bicyclic) bond motifs is 1. The third-order valence-electron chi connectivity index (χ3n) is 4.87. The van der Waals surface area contributed by atoms with Crippen LogP contribution in [0.25, 0.3) is 16.6 Å². The molecule has 1 aromatic carbocycles. The van der Waals surface area contributed by atoms with E-state index in [2.05, 4.69) is 25.7 Å². The van der Waals surface area contributed by atoms with Crippen molar-refractivity contribution in [3.63, 3.8) is 0 Å². The van der Waals surface area contributed by atoms with Crippen LogP contribution in [0.4, 0.5) is 10.2 Å². The molecule has 4 rings (SSSR count). The van der Waals surface area contributed by atoms with Gasteiger partial charge in [-0.05, 0) is 35.9 Å². The molecule has 3 aromatic heterocycles. The summed E-state index contributed by atoms with van der Waals surface area (Å²) in [5, 5.41) is 10.5. The lowest BCUT2D eigenvalue weighted by molar-refractivity contribution is -0.118. The van der Waals surface area contributed by atoms with Crippen molar-refractivity contribution >= 4 is 28.5 Å². The van der Waals surface area contributed by atoms with E-state index in [1.807, 2.05) is 0 Å². The molecule has 0 atom stereocenters. The normalized spacial score (nSPS) is 11.0. The predicted octanol–water partition coefficient (Wildman–Crippen LogP) is 3.48. The number of aromatic nitrogens is 4. The fraction of sp³-hybridized carbons (Fsp3) is 0.174. The molecule has 2 N–H and O–H groups in total. The number of halogens is 1. The Morgan fingerprint density at radius 1 is 1.03 bits per heavy atom. The van der Waals surface area contributed by atoms with Gasteiger partial charge in [-0.15, -0.1) is 0 Å². The number of pyridine rings is 2. The van der Waals surface area contributed by atoms with Crippen molar-refractivity contribution in [2.24, 2.45) is 5.92 Å². The first-order valence-electron chi connectivity index (χ1n) is 10.0. The molecule has 4 aromatic rings. The summed E-state index contributed by atoms with van der Waals surface area (Å²) in [7, 11) is 0. The summed E-state index contributed by atoms with van der Waals surface area (Å²) in [6.45, 7) is 3.86. The van der Waals surface area contributed by atoms with Crippen molar-refractivity contribution in [2.45, 2.75) is 20.4 Å². The zero-order valence-corrected chi connectivity index (χ0v) is 17.5. The number of nitrogens with one attached hydrogen (secondary N) is 2. The van der Waals surface area contributed by atoms with Gasteiger partial charge in [0, 0.05) is 30.2 Å². The van der Waals surface area contributed by atoms with Gasteiger partial charge >= 0.3 is 0 Å². The maximum absolute atomic E-state index is 13.2. The monoisotopic (exact) mass is 432 g/mol. The average molecular weight is 432 g/mol. The van der Waals surface area contributed by atoms with Crippen molar-refractivity contribution < 1.29 is 14.0 Å². The highest BCUT2D eigenvalue weighted by Crippen LogP contribution is 2.21. The Hall–Kier alpha value is -4.14. The number of carbonyl (C=O) groups excluding carboxylic acids is 2. The van der Waals surface area contributed by atoms with Crippen LogP contribution in [0, 0.1) is 11.7 Å². The number of rotatable bonds is 6. The number of carbonyl (C=O) groups is 2. The number of hydrogen-bond acceptors (Lipinski definition) is 5. The lowest BCUT2D eigenvalue weighted by atomic mass is 10.1. The first-order chi connectivity index (χ1) is 15.4. The molecule has 0 unspecified atom stereocenters. The molecule has 8 nitrogen and oxygen atoms in total. The standard InChI is InChI=1S/C23H21FN6O2/c1-14(2)22(31)29-21-8-3-15(9-26-21)10-27-23(32)19-11-25-13-20-18(19)12-28-30(20)17-6-4-16(24)5-7-17/h3-9,11-14H,10H2,1-2H3,(H,27,32)(H,26,29,31). The Balaban J connectivity index is 1.47. The van der Waals surface area contributed by atoms with E-state index in [-0.39, 0.29) is 30.1 Å². The van der Waals surface area contributed by atoms with Crippen LogP contribution in [0.1, 0.15) is 29.8 Å². The summed E-state index contributed by atoms with van der Waals surface area (Å²) in [6.07, 6.45) is 6.28. The van der Waals surface area contributed by atoms with Gasteiger partial charge in [0.2, 0.25) is 5.91 Å². The highest BCUT2D eigenvalue weighted by atomic mass is 19.1. The van der Waals surface area contributed by atoms with Crippen LogP contribution in [0.3, 0.4) is 0 Å². The van der Waals surface area contributed by atoms with Crippen LogP contribution in [0.2, 0.25) is 0 Å². The molecule has 0 saturated heterocycles. The highest BCUT2D eigenvalue weighted by molar-refractivity contribution is 6.05. The average Bonchev–Trinajstić information content (AvgIpc) is 3.23. The van der Waals surface area contributed by atoms with Crippen LogP contribution in [-0.2, 0) is 11.3 Å². The summed E-state index contributed by atoms with van der Waals surface area (Å²) in [4.78, 5) is 32.9. The van der Waals surface area contributed by atoms with Crippen LogP contribution in [-0.4, -0.2) is 31.6 Å². The minimum absolute atomic E-state index is 0.111. The molecule has 0 radical (unpaired) electrons. The van der Waals surface area contributed by atoms with Crippen molar-refractivity contribution in [3.8, 4) is 5.69 Å². The van der Waals surface area contributed by atoms with Crippen LogP contribution in [0.5, 0.6) is 0 Å². The third kappa shape index (κ3) is 4.46. The first kappa shape index (κ1) is 21.1. The minimum atomic E-state index is -0.340. The summed E-state index contributed by atoms with van der Waals surface area (Å²) in [6, 6.07) is 9.38. The Kier molecular flexibility index (Phi) is 5.89. The molecular weight excluding hydrogens is 411 g/mol. The van der Waals surface area contributed by atoms with Gasteiger partial charge in [-0.1, -0.05) is 19.9 Å². The quantitative estimate of drug-likeness (QED) is 0.486. The first-order valence-corrected chi connectivity index (χ1v) is 10.0. The zero-order valence-electron chi connectivity index (χ0n) is 17.5. The van der Waals surface area contributed by atoms with E-state index in [0.29, 0.717) is 28.0 Å². The second kappa shape index (κ2) is 8.93. The molecule has 162 valence electrons. The summed E-state index contributed by atoms with van der Waals surface area (Å²) in [5.41, 5.74) is 2.46. The van der Waals surface area contributed by atoms with Gasteiger partial charge in [0.25, 0.3) is 5.91 Å². The van der Waals surface area contributed by atoms with E-state index in [1.165, 1.54) is 18.3 Å². The predicted molar refractivity (Wildman–Crippen MR) is 118 cm³/mol. The van der Waals surface area contributed by atoms with Crippen LogP contribution >= 0.6 is 0 Å². The van der Waals surface area contributed by atoms with Crippen LogP contribution in [0.15, 0.2) is 61.2 Å². The van der Waals surface area contributed by atoms with Gasteiger partial charge in [-0.2, -0.15) is 5.10 Å². The molecular formula is C23H21FN6O2. The van der Waals surface area contributed by atoms with Crippen molar-refractivity contribution in [2.75, 3.05) is 5.32 Å². The molecule has 0 aliphatic rings. The molecule has 9 heteroatoms. The summed E-state index contributed by atoms with van der Waals surface area (Å²) < 4.78 is 14.8. The number of hydrogen-bond donors (Lipinski definition) is 2.